The average molecular weight is 453 g/mol. The molecular weight excluding hydrogens is 426 g/mol. The summed E-state index contributed by atoms with van der Waals surface area (Å²) in [5.74, 6) is -1.50. The molecule has 1 aliphatic heterocycles. The Morgan fingerprint density at radius 1 is 1.15 bits per heavy atom. The normalized spacial score (nSPS) is 17.8. The van der Waals surface area contributed by atoms with Crippen LogP contribution >= 0.6 is 0 Å². The van der Waals surface area contributed by atoms with Gasteiger partial charge in [-0.2, -0.15) is 0 Å². The SMILES string of the molecule is CCOC(=O)[C@@H]1C(=O)N(CCOC)c2nc3ccccc3n2[C@@H]1c1ccc(O)c(OCC)c1. The van der Waals surface area contributed by atoms with Crippen LogP contribution in [0.4, 0.5) is 5.95 Å². The van der Waals surface area contributed by atoms with Crippen molar-refractivity contribution in [3.05, 3.63) is 48.0 Å². The van der Waals surface area contributed by atoms with Crippen LogP contribution in [0.2, 0.25) is 0 Å². The Morgan fingerprint density at radius 2 is 1.94 bits per heavy atom. The quantitative estimate of drug-likeness (QED) is 0.413. The molecule has 9 heteroatoms. The number of imidazole rings is 1. The molecule has 0 radical (unpaired) electrons. The number of benzene rings is 2. The Balaban J connectivity index is 1.98. The maximum absolute atomic E-state index is 13.7. The molecule has 1 N–H and O–H groups in total. The molecule has 4 rings (SSSR count). The van der Waals surface area contributed by atoms with Gasteiger partial charge in [-0.3, -0.25) is 14.5 Å². The van der Waals surface area contributed by atoms with Gasteiger partial charge in [-0.25, -0.2) is 4.98 Å². The third kappa shape index (κ3) is 4.00. The van der Waals surface area contributed by atoms with Gasteiger partial charge in [0.2, 0.25) is 11.9 Å². The van der Waals surface area contributed by atoms with Crippen LogP contribution in [0.5, 0.6) is 11.5 Å². The highest BCUT2D eigenvalue weighted by Crippen LogP contribution is 2.43. The van der Waals surface area contributed by atoms with Crippen LogP contribution < -0.4 is 9.64 Å². The lowest BCUT2D eigenvalue weighted by Crippen LogP contribution is -2.51. The van der Waals surface area contributed by atoms with Crippen molar-refractivity contribution in [2.45, 2.75) is 19.9 Å². The number of aromatic hydroxyl groups is 1. The number of fused-ring (bicyclic) bond motifs is 3. The number of nitrogens with zero attached hydrogens (tertiary/aromatic N) is 3. The minimum absolute atomic E-state index is 0.0205. The molecule has 0 bridgehead atoms. The number of phenols is 1. The maximum atomic E-state index is 13.7. The number of carbonyl (C=O) groups excluding carboxylic acids is 2. The van der Waals surface area contributed by atoms with E-state index in [1.54, 1.807) is 26.2 Å². The summed E-state index contributed by atoms with van der Waals surface area (Å²) in [6, 6.07) is 11.6. The second-order valence-corrected chi connectivity index (χ2v) is 7.59. The highest BCUT2D eigenvalue weighted by atomic mass is 16.5. The topological polar surface area (TPSA) is 103 Å². The fourth-order valence-corrected chi connectivity index (χ4v) is 4.23. The van der Waals surface area contributed by atoms with Crippen LogP contribution in [-0.4, -0.2) is 60.0 Å². The second-order valence-electron chi connectivity index (χ2n) is 7.59. The van der Waals surface area contributed by atoms with Gasteiger partial charge in [0, 0.05) is 7.11 Å². The molecule has 0 fully saturated rings. The van der Waals surface area contributed by atoms with E-state index in [-0.39, 0.29) is 31.3 Å². The maximum Gasteiger partial charge on any atom is 0.321 e. The summed E-state index contributed by atoms with van der Waals surface area (Å²) >= 11 is 0. The van der Waals surface area contributed by atoms with Gasteiger partial charge in [0.05, 0.1) is 43.4 Å². The van der Waals surface area contributed by atoms with Crippen LogP contribution in [0.3, 0.4) is 0 Å². The van der Waals surface area contributed by atoms with E-state index in [4.69, 9.17) is 19.2 Å². The van der Waals surface area contributed by atoms with Crippen LogP contribution in [0.15, 0.2) is 42.5 Å². The van der Waals surface area contributed by atoms with E-state index >= 15 is 0 Å². The van der Waals surface area contributed by atoms with Crippen LogP contribution in [0.1, 0.15) is 25.5 Å². The zero-order valence-electron chi connectivity index (χ0n) is 18.9. The number of hydrogen-bond acceptors (Lipinski definition) is 7. The van der Waals surface area contributed by atoms with Crippen molar-refractivity contribution in [2.24, 2.45) is 5.92 Å². The van der Waals surface area contributed by atoms with Gasteiger partial charge in [0.15, 0.2) is 17.4 Å². The van der Waals surface area contributed by atoms with Crippen molar-refractivity contribution in [1.29, 1.82) is 0 Å². The van der Waals surface area contributed by atoms with Crippen molar-refractivity contribution >= 4 is 28.9 Å². The zero-order valence-corrected chi connectivity index (χ0v) is 18.9. The van der Waals surface area contributed by atoms with Crippen molar-refractivity contribution in [3.8, 4) is 11.5 Å². The number of para-hydroxylation sites is 2. The number of anilines is 1. The summed E-state index contributed by atoms with van der Waals surface area (Å²) in [6.07, 6.45) is 0. The molecule has 2 aromatic carbocycles. The Kier molecular flexibility index (Phi) is 6.50. The Bertz CT molecular complexity index is 1170. The number of rotatable bonds is 8. The number of ether oxygens (including phenoxy) is 3. The third-order valence-corrected chi connectivity index (χ3v) is 5.63. The van der Waals surface area contributed by atoms with Crippen LogP contribution in [0, 0.1) is 5.92 Å². The number of hydrogen-bond donors (Lipinski definition) is 1. The fourth-order valence-electron chi connectivity index (χ4n) is 4.23. The Labute approximate surface area is 191 Å². The lowest BCUT2D eigenvalue weighted by Gasteiger charge is -2.38. The lowest BCUT2D eigenvalue weighted by molar-refractivity contribution is -0.153. The number of amides is 1. The van der Waals surface area contributed by atoms with E-state index in [0.717, 1.165) is 5.52 Å². The predicted molar refractivity (Wildman–Crippen MR) is 121 cm³/mol. The average Bonchev–Trinajstić information content (AvgIpc) is 3.19. The van der Waals surface area contributed by atoms with Gasteiger partial charge < -0.3 is 23.9 Å². The molecule has 0 spiro atoms. The number of aromatic nitrogens is 2. The third-order valence-electron chi connectivity index (χ3n) is 5.63. The summed E-state index contributed by atoms with van der Waals surface area (Å²) in [6.45, 7) is 4.53. The molecule has 2 heterocycles. The van der Waals surface area contributed by atoms with E-state index < -0.39 is 23.8 Å². The van der Waals surface area contributed by atoms with Crippen molar-refractivity contribution in [2.75, 3.05) is 38.4 Å². The van der Waals surface area contributed by atoms with Crippen molar-refractivity contribution < 1.29 is 28.9 Å². The molecule has 9 nitrogen and oxygen atoms in total. The summed E-state index contributed by atoms with van der Waals surface area (Å²) in [4.78, 5) is 33.0. The molecule has 174 valence electrons. The van der Waals surface area contributed by atoms with Crippen LogP contribution in [-0.2, 0) is 19.1 Å². The van der Waals surface area contributed by atoms with Crippen molar-refractivity contribution in [1.82, 2.24) is 9.55 Å². The summed E-state index contributed by atoms with van der Waals surface area (Å²) in [7, 11) is 1.55. The second kappa shape index (κ2) is 9.50. The van der Waals surface area contributed by atoms with Gasteiger partial charge in [0.25, 0.3) is 0 Å². The van der Waals surface area contributed by atoms with E-state index in [1.165, 1.54) is 11.0 Å². The minimum Gasteiger partial charge on any atom is -0.504 e. The number of phenolic OH excluding ortho intramolecular Hbond substituents is 1. The van der Waals surface area contributed by atoms with Crippen LogP contribution in [0.25, 0.3) is 11.0 Å². The standard InChI is InChI=1S/C24H27N3O6/c1-4-32-19-14-15(10-11-18(19)28)21-20(23(30)33-5-2)22(29)26(12-13-31-3)24-25-16-8-6-7-9-17(16)27(21)24/h6-11,14,20-21,28H,4-5,12-13H2,1-3H3/t20-,21+/m0/s1. The molecule has 0 saturated heterocycles. The highest BCUT2D eigenvalue weighted by molar-refractivity contribution is 6.08. The Morgan fingerprint density at radius 3 is 2.67 bits per heavy atom. The Hall–Kier alpha value is -3.59. The monoisotopic (exact) mass is 453 g/mol. The molecule has 0 saturated carbocycles. The predicted octanol–water partition coefficient (Wildman–Crippen LogP) is 2.90. The lowest BCUT2D eigenvalue weighted by atomic mass is 9.89. The first-order valence-corrected chi connectivity index (χ1v) is 10.9. The first kappa shape index (κ1) is 22.6. The zero-order chi connectivity index (χ0) is 23.5. The van der Waals surface area contributed by atoms with E-state index in [2.05, 4.69) is 0 Å². The number of methoxy groups -OCH3 is 1. The first-order valence-electron chi connectivity index (χ1n) is 10.9. The fraction of sp³-hybridized carbons (Fsp3) is 0.375. The molecular formula is C24H27N3O6. The highest BCUT2D eigenvalue weighted by Gasteiger charge is 2.47. The molecule has 1 amide bonds. The van der Waals surface area contributed by atoms with Gasteiger partial charge in [0.1, 0.15) is 0 Å². The molecule has 1 aliphatic rings. The van der Waals surface area contributed by atoms with Gasteiger partial charge >= 0.3 is 5.97 Å². The molecule has 2 atom stereocenters. The minimum atomic E-state index is -1.15. The molecule has 33 heavy (non-hydrogen) atoms. The van der Waals surface area contributed by atoms with Crippen molar-refractivity contribution in [3.63, 3.8) is 0 Å². The summed E-state index contributed by atoms with van der Waals surface area (Å²) < 4.78 is 18.0. The molecule has 1 aromatic heterocycles. The first-order chi connectivity index (χ1) is 16.0. The van der Waals surface area contributed by atoms with Gasteiger partial charge in [-0.15, -0.1) is 0 Å². The smallest absolute Gasteiger partial charge is 0.321 e. The summed E-state index contributed by atoms with van der Waals surface area (Å²) in [5, 5.41) is 10.2. The molecule has 0 unspecified atom stereocenters. The van der Waals surface area contributed by atoms with E-state index in [1.807, 2.05) is 35.8 Å². The van der Waals surface area contributed by atoms with E-state index in [9.17, 15) is 14.7 Å². The number of carbonyl (C=O) groups is 2. The van der Waals surface area contributed by atoms with E-state index in [0.29, 0.717) is 23.6 Å². The number of esters is 1. The van der Waals surface area contributed by atoms with Gasteiger partial charge in [-0.1, -0.05) is 18.2 Å². The molecule has 0 aliphatic carbocycles. The van der Waals surface area contributed by atoms with Gasteiger partial charge in [-0.05, 0) is 43.7 Å². The molecule has 3 aromatic rings. The largest absolute Gasteiger partial charge is 0.504 e. The summed E-state index contributed by atoms with van der Waals surface area (Å²) in [5.41, 5.74) is 2.09.